The van der Waals surface area contributed by atoms with Crippen molar-refractivity contribution >= 4 is 33.5 Å². The first kappa shape index (κ1) is 18.6. The Morgan fingerprint density at radius 2 is 1.44 bits per heavy atom. The standard InChI is InChI=1S/C20H16BrN3O3/c1-24-12-14(21)11-17(24)20(27)23-22-19(26)16-10-6-5-9-15(16)18(25)13-7-3-2-4-8-13/h2-12H,1H3,(H,22,26)(H,23,27). The van der Waals surface area contributed by atoms with Crippen molar-refractivity contribution in [1.82, 2.24) is 15.4 Å². The number of nitrogens with zero attached hydrogens (tertiary/aromatic N) is 1. The molecular weight excluding hydrogens is 410 g/mol. The molecule has 0 aliphatic rings. The van der Waals surface area contributed by atoms with Crippen LogP contribution >= 0.6 is 15.9 Å². The van der Waals surface area contributed by atoms with E-state index in [-0.39, 0.29) is 16.9 Å². The number of amides is 2. The average Bonchev–Trinajstić information content (AvgIpc) is 3.04. The number of ketones is 1. The molecule has 2 N–H and O–H groups in total. The third-order valence-corrected chi connectivity index (χ3v) is 4.38. The van der Waals surface area contributed by atoms with Gasteiger partial charge in [-0.05, 0) is 28.1 Å². The van der Waals surface area contributed by atoms with E-state index in [2.05, 4.69) is 26.8 Å². The number of hydrogen-bond acceptors (Lipinski definition) is 3. The second-order valence-corrected chi connectivity index (χ2v) is 6.72. The molecule has 0 unspecified atom stereocenters. The molecule has 7 heteroatoms. The number of carbonyl (C=O) groups excluding carboxylic acids is 3. The Balaban J connectivity index is 1.77. The van der Waals surface area contributed by atoms with Crippen LogP contribution in [-0.2, 0) is 7.05 Å². The van der Waals surface area contributed by atoms with Gasteiger partial charge in [0.1, 0.15) is 5.69 Å². The molecule has 0 saturated heterocycles. The van der Waals surface area contributed by atoms with E-state index < -0.39 is 11.8 Å². The number of rotatable bonds is 4. The molecule has 1 heterocycles. The maximum Gasteiger partial charge on any atom is 0.286 e. The topological polar surface area (TPSA) is 80.2 Å². The number of hydrogen-bond donors (Lipinski definition) is 2. The summed E-state index contributed by atoms with van der Waals surface area (Å²) in [4.78, 5) is 37.5. The summed E-state index contributed by atoms with van der Waals surface area (Å²) in [5, 5.41) is 0. The van der Waals surface area contributed by atoms with Gasteiger partial charge in [-0.1, -0.05) is 48.5 Å². The molecule has 0 aliphatic carbocycles. The SMILES string of the molecule is Cn1cc(Br)cc1C(=O)NNC(=O)c1ccccc1C(=O)c1ccccc1. The zero-order valence-corrected chi connectivity index (χ0v) is 16.0. The van der Waals surface area contributed by atoms with Crippen LogP contribution in [0.15, 0.2) is 71.3 Å². The van der Waals surface area contributed by atoms with Crippen LogP contribution < -0.4 is 10.9 Å². The first-order valence-corrected chi connectivity index (χ1v) is 8.88. The van der Waals surface area contributed by atoms with Crippen molar-refractivity contribution in [2.75, 3.05) is 0 Å². The zero-order valence-electron chi connectivity index (χ0n) is 14.4. The molecule has 3 aromatic rings. The summed E-state index contributed by atoms with van der Waals surface area (Å²) in [7, 11) is 1.72. The Morgan fingerprint density at radius 1 is 0.852 bits per heavy atom. The lowest BCUT2D eigenvalue weighted by molar-refractivity contribution is 0.0840. The van der Waals surface area contributed by atoms with Crippen molar-refractivity contribution < 1.29 is 14.4 Å². The molecule has 1 aromatic heterocycles. The molecule has 0 atom stereocenters. The van der Waals surface area contributed by atoms with Gasteiger partial charge in [0.05, 0.1) is 5.56 Å². The van der Waals surface area contributed by atoms with Crippen LogP contribution in [0.3, 0.4) is 0 Å². The van der Waals surface area contributed by atoms with E-state index in [1.54, 1.807) is 66.3 Å². The minimum atomic E-state index is -0.573. The fourth-order valence-corrected chi connectivity index (χ4v) is 3.14. The van der Waals surface area contributed by atoms with Gasteiger partial charge < -0.3 is 4.57 Å². The fourth-order valence-electron chi connectivity index (χ4n) is 2.62. The Morgan fingerprint density at radius 3 is 2.07 bits per heavy atom. The van der Waals surface area contributed by atoms with Gasteiger partial charge in [-0.15, -0.1) is 0 Å². The van der Waals surface area contributed by atoms with Crippen LogP contribution in [0.1, 0.15) is 36.8 Å². The molecule has 2 amide bonds. The molecule has 0 radical (unpaired) electrons. The average molecular weight is 426 g/mol. The van der Waals surface area contributed by atoms with Crippen molar-refractivity contribution in [1.29, 1.82) is 0 Å². The van der Waals surface area contributed by atoms with Gasteiger partial charge in [-0.2, -0.15) is 0 Å². The third-order valence-electron chi connectivity index (χ3n) is 3.95. The van der Waals surface area contributed by atoms with Gasteiger partial charge in [0, 0.05) is 28.8 Å². The number of aromatic nitrogens is 1. The summed E-state index contributed by atoms with van der Waals surface area (Å²) >= 11 is 3.29. The number of nitrogens with one attached hydrogen (secondary N) is 2. The van der Waals surface area contributed by atoms with Gasteiger partial charge in [-0.25, -0.2) is 0 Å². The maximum absolute atomic E-state index is 12.7. The summed E-state index contributed by atoms with van der Waals surface area (Å²) in [6.07, 6.45) is 1.73. The van der Waals surface area contributed by atoms with Gasteiger partial charge in [0.25, 0.3) is 11.8 Å². The number of carbonyl (C=O) groups is 3. The van der Waals surface area contributed by atoms with Crippen LogP contribution in [-0.4, -0.2) is 22.2 Å². The molecule has 0 fully saturated rings. The van der Waals surface area contributed by atoms with Crippen molar-refractivity contribution in [3.63, 3.8) is 0 Å². The first-order chi connectivity index (χ1) is 13.0. The van der Waals surface area contributed by atoms with E-state index in [9.17, 15) is 14.4 Å². The van der Waals surface area contributed by atoms with Gasteiger partial charge in [0.15, 0.2) is 5.78 Å². The summed E-state index contributed by atoms with van der Waals surface area (Å²) in [5.74, 6) is -1.31. The molecule has 0 bridgehead atoms. The van der Waals surface area contributed by atoms with Crippen molar-refractivity contribution in [3.8, 4) is 0 Å². The summed E-state index contributed by atoms with van der Waals surface area (Å²) < 4.78 is 2.37. The smallest absolute Gasteiger partial charge is 0.286 e. The minimum Gasteiger partial charge on any atom is -0.345 e. The van der Waals surface area contributed by atoms with Crippen molar-refractivity contribution in [3.05, 3.63) is 93.7 Å². The highest BCUT2D eigenvalue weighted by Gasteiger charge is 2.19. The number of benzene rings is 2. The second-order valence-electron chi connectivity index (χ2n) is 5.80. The van der Waals surface area contributed by atoms with Gasteiger partial charge in [0.2, 0.25) is 0 Å². The number of hydrazine groups is 1. The summed E-state index contributed by atoms with van der Waals surface area (Å²) in [5.41, 5.74) is 6.02. The van der Waals surface area contributed by atoms with E-state index in [1.165, 1.54) is 6.07 Å². The third kappa shape index (κ3) is 4.15. The Bertz CT molecular complexity index is 1010. The zero-order chi connectivity index (χ0) is 19.4. The predicted octanol–water partition coefficient (Wildman–Crippen LogP) is 3.09. The lowest BCUT2D eigenvalue weighted by atomic mass is 9.98. The Hall–Kier alpha value is -3.19. The highest BCUT2D eigenvalue weighted by Crippen LogP contribution is 2.15. The minimum absolute atomic E-state index is 0.180. The molecular formula is C20H16BrN3O3. The maximum atomic E-state index is 12.7. The van der Waals surface area contributed by atoms with E-state index in [4.69, 9.17) is 0 Å². The van der Waals surface area contributed by atoms with Crippen LogP contribution in [0.25, 0.3) is 0 Å². The molecule has 136 valence electrons. The number of aryl methyl sites for hydroxylation is 1. The van der Waals surface area contributed by atoms with E-state index in [0.29, 0.717) is 11.3 Å². The first-order valence-electron chi connectivity index (χ1n) is 8.08. The monoisotopic (exact) mass is 425 g/mol. The Labute approximate surface area is 164 Å². The molecule has 2 aromatic carbocycles. The van der Waals surface area contributed by atoms with E-state index in [0.717, 1.165) is 4.47 Å². The lowest BCUT2D eigenvalue weighted by Crippen LogP contribution is -2.42. The van der Waals surface area contributed by atoms with Crippen molar-refractivity contribution in [2.24, 2.45) is 7.05 Å². The van der Waals surface area contributed by atoms with E-state index >= 15 is 0 Å². The van der Waals surface area contributed by atoms with Crippen LogP contribution in [0.5, 0.6) is 0 Å². The largest absolute Gasteiger partial charge is 0.345 e. The van der Waals surface area contributed by atoms with Crippen LogP contribution in [0.2, 0.25) is 0 Å². The normalized spacial score (nSPS) is 10.3. The lowest BCUT2D eigenvalue weighted by Gasteiger charge is -2.11. The van der Waals surface area contributed by atoms with Crippen molar-refractivity contribution in [2.45, 2.75) is 0 Å². The fraction of sp³-hybridized carbons (Fsp3) is 0.0500. The highest BCUT2D eigenvalue weighted by atomic mass is 79.9. The van der Waals surface area contributed by atoms with Gasteiger partial charge >= 0.3 is 0 Å². The summed E-state index contributed by atoms with van der Waals surface area (Å²) in [6, 6.07) is 16.8. The second kappa shape index (κ2) is 8.01. The molecule has 6 nitrogen and oxygen atoms in total. The van der Waals surface area contributed by atoms with Crippen LogP contribution in [0, 0.1) is 0 Å². The molecule has 0 saturated carbocycles. The van der Waals surface area contributed by atoms with Gasteiger partial charge in [-0.3, -0.25) is 25.2 Å². The molecule has 3 rings (SSSR count). The molecule has 0 spiro atoms. The quantitative estimate of drug-likeness (QED) is 0.497. The highest BCUT2D eigenvalue weighted by molar-refractivity contribution is 9.10. The predicted molar refractivity (Wildman–Crippen MR) is 104 cm³/mol. The Kier molecular flexibility index (Phi) is 5.52. The molecule has 0 aliphatic heterocycles. The summed E-state index contributed by atoms with van der Waals surface area (Å²) in [6.45, 7) is 0. The van der Waals surface area contributed by atoms with E-state index in [1.807, 2.05) is 6.07 Å². The van der Waals surface area contributed by atoms with Crippen LogP contribution in [0.4, 0.5) is 0 Å². The molecule has 27 heavy (non-hydrogen) atoms. The number of halogens is 1.